The van der Waals surface area contributed by atoms with Gasteiger partial charge in [0, 0.05) is 0 Å². The summed E-state index contributed by atoms with van der Waals surface area (Å²) < 4.78 is 0. The van der Waals surface area contributed by atoms with Gasteiger partial charge in [-0.2, -0.15) is 0 Å². The predicted octanol–water partition coefficient (Wildman–Crippen LogP) is 3.39. The zero-order chi connectivity index (χ0) is 7.61. The second-order valence-corrected chi connectivity index (χ2v) is 3.95. The molecule has 1 aliphatic carbocycles. The highest BCUT2D eigenvalue weighted by molar-refractivity contribution is 5.02. The third-order valence-corrected chi connectivity index (χ3v) is 2.68. The molecule has 0 aromatic carbocycles. The van der Waals surface area contributed by atoms with Gasteiger partial charge in [0.15, 0.2) is 0 Å². The molecule has 10 heavy (non-hydrogen) atoms. The third-order valence-electron chi connectivity index (χ3n) is 2.68. The summed E-state index contributed by atoms with van der Waals surface area (Å²) in [6, 6.07) is 0. The fourth-order valence-corrected chi connectivity index (χ4v) is 1.79. The second-order valence-electron chi connectivity index (χ2n) is 3.95. The van der Waals surface area contributed by atoms with Gasteiger partial charge in [0.2, 0.25) is 0 Å². The molecule has 0 radical (unpaired) electrons. The van der Waals surface area contributed by atoms with E-state index in [1.54, 1.807) is 0 Å². The molecule has 0 heterocycles. The molecule has 0 spiro atoms. The zero-order valence-electron chi connectivity index (χ0n) is 7.35. The lowest BCUT2D eigenvalue weighted by Crippen LogP contribution is -2.19. The van der Waals surface area contributed by atoms with Crippen molar-refractivity contribution in [3.63, 3.8) is 0 Å². The Labute approximate surface area is 64.3 Å². The quantitative estimate of drug-likeness (QED) is 0.487. The maximum Gasteiger partial charge on any atom is -0.0147 e. The van der Waals surface area contributed by atoms with E-state index in [9.17, 15) is 0 Å². The van der Waals surface area contributed by atoms with E-state index in [4.69, 9.17) is 0 Å². The van der Waals surface area contributed by atoms with Crippen molar-refractivity contribution in [2.24, 2.45) is 11.3 Å². The van der Waals surface area contributed by atoms with Crippen LogP contribution in [0, 0.1) is 11.3 Å². The van der Waals surface area contributed by atoms with E-state index in [0.717, 1.165) is 5.92 Å². The van der Waals surface area contributed by atoms with Crippen molar-refractivity contribution in [1.29, 1.82) is 0 Å². The minimum atomic E-state index is 0.512. The van der Waals surface area contributed by atoms with Crippen LogP contribution in [0.2, 0.25) is 0 Å². The van der Waals surface area contributed by atoms with E-state index < -0.39 is 0 Å². The fourth-order valence-electron chi connectivity index (χ4n) is 1.79. The van der Waals surface area contributed by atoms with Gasteiger partial charge in [-0.05, 0) is 30.6 Å². The van der Waals surface area contributed by atoms with Gasteiger partial charge in [0.05, 0.1) is 0 Å². The van der Waals surface area contributed by atoms with E-state index >= 15 is 0 Å². The van der Waals surface area contributed by atoms with Gasteiger partial charge in [0.25, 0.3) is 0 Å². The van der Waals surface area contributed by atoms with Crippen molar-refractivity contribution in [2.75, 3.05) is 0 Å². The number of allylic oxidation sites excluding steroid dienone is 2. The molecule has 0 aromatic heterocycles. The minimum Gasteiger partial charge on any atom is -0.0877 e. The number of hydrogen-bond donors (Lipinski definition) is 0. The lowest BCUT2D eigenvalue weighted by Gasteiger charge is -2.31. The maximum absolute atomic E-state index is 2.40. The van der Waals surface area contributed by atoms with Gasteiger partial charge in [-0.1, -0.05) is 32.9 Å². The van der Waals surface area contributed by atoms with E-state index in [2.05, 4.69) is 32.9 Å². The van der Waals surface area contributed by atoms with Gasteiger partial charge in [0.1, 0.15) is 0 Å². The zero-order valence-corrected chi connectivity index (χ0v) is 7.35. The summed E-state index contributed by atoms with van der Waals surface area (Å²) in [6.07, 6.45) is 8.69. The lowest BCUT2D eigenvalue weighted by atomic mass is 9.74. The van der Waals surface area contributed by atoms with Crippen LogP contribution in [-0.4, -0.2) is 0 Å². The Kier molecular flexibility index (Phi) is 2.18. The summed E-state index contributed by atoms with van der Waals surface area (Å²) in [5.74, 6) is 0.898. The molecular formula is C10H18. The molecule has 0 N–H and O–H groups in total. The number of rotatable bonds is 1. The Morgan fingerprint density at radius 3 is 2.70 bits per heavy atom. The smallest absolute Gasteiger partial charge is 0.0147 e. The first-order valence-corrected chi connectivity index (χ1v) is 4.34. The van der Waals surface area contributed by atoms with Crippen LogP contribution >= 0.6 is 0 Å². The molecular weight excluding hydrogens is 120 g/mol. The first-order valence-electron chi connectivity index (χ1n) is 4.34. The summed E-state index contributed by atoms with van der Waals surface area (Å²) in [7, 11) is 0. The molecule has 1 aliphatic rings. The van der Waals surface area contributed by atoms with Crippen LogP contribution in [-0.2, 0) is 0 Å². The Morgan fingerprint density at radius 1 is 1.60 bits per heavy atom. The average molecular weight is 138 g/mol. The highest BCUT2D eigenvalue weighted by Crippen LogP contribution is 2.36. The summed E-state index contributed by atoms with van der Waals surface area (Å²) >= 11 is 0. The molecule has 0 saturated heterocycles. The summed E-state index contributed by atoms with van der Waals surface area (Å²) in [5, 5.41) is 0. The van der Waals surface area contributed by atoms with Crippen LogP contribution in [0.15, 0.2) is 12.2 Å². The highest BCUT2D eigenvalue weighted by Gasteiger charge is 2.23. The standard InChI is InChI=1S/C10H18/c1-4-10(3)7-5-6-9(2)8-10/h5,7,9H,4,6,8H2,1-3H3. The van der Waals surface area contributed by atoms with Gasteiger partial charge in [-0.25, -0.2) is 0 Å². The van der Waals surface area contributed by atoms with Crippen LogP contribution in [0.1, 0.15) is 40.0 Å². The van der Waals surface area contributed by atoms with Crippen LogP contribution < -0.4 is 0 Å². The maximum atomic E-state index is 2.40. The van der Waals surface area contributed by atoms with Crippen molar-refractivity contribution in [3.8, 4) is 0 Å². The summed E-state index contributed by atoms with van der Waals surface area (Å²) in [5.41, 5.74) is 0.512. The molecule has 0 heteroatoms. The highest BCUT2D eigenvalue weighted by atomic mass is 14.3. The van der Waals surface area contributed by atoms with Gasteiger partial charge in [-0.15, -0.1) is 0 Å². The Bertz CT molecular complexity index is 135. The monoisotopic (exact) mass is 138 g/mol. The van der Waals surface area contributed by atoms with Crippen molar-refractivity contribution < 1.29 is 0 Å². The van der Waals surface area contributed by atoms with Crippen molar-refractivity contribution in [3.05, 3.63) is 12.2 Å². The first-order chi connectivity index (χ1) is 4.66. The van der Waals surface area contributed by atoms with Gasteiger partial charge >= 0.3 is 0 Å². The molecule has 58 valence electrons. The minimum absolute atomic E-state index is 0.512. The normalized spacial score (nSPS) is 40.1. The molecule has 0 fully saturated rings. The molecule has 0 nitrogen and oxygen atoms in total. The molecule has 0 saturated carbocycles. The number of hydrogen-bond acceptors (Lipinski definition) is 0. The van der Waals surface area contributed by atoms with Crippen molar-refractivity contribution >= 4 is 0 Å². The van der Waals surface area contributed by atoms with E-state index in [1.165, 1.54) is 19.3 Å². The SMILES string of the molecule is CCC1(C)C=CCC(C)C1. The van der Waals surface area contributed by atoms with Crippen molar-refractivity contribution in [2.45, 2.75) is 40.0 Å². The lowest BCUT2D eigenvalue weighted by molar-refractivity contribution is 0.293. The molecule has 0 aliphatic heterocycles. The van der Waals surface area contributed by atoms with Crippen LogP contribution in [0.25, 0.3) is 0 Å². The molecule has 1 rings (SSSR count). The molecule has 0 bridgehead atoms. The van der Waals surface area contributed by atoms with Crippen LogP contribution in [0.3, 0.4) is 0 Å². The third kappa shape index (κ3) is 1.62. The second kappa shape index (κ2) is 2.77. The van der Waals surface area contributed by atoms with E-state index in [-0.39, 0.29) is 0 Å². The average Bonchev–Trinajstić information content (AvgIpc) is 1.88. The summed E-state index contributed by atoms with van der Waals surface area (Å²) in [4.78, 5) is 0. The van der Waals surface area contributed by atoms with Gasteiger partial charge < -0.3 is 0 Å². The Morgan fingerprint density at radius 2 is 2.30 bits per heavy atom. The van der Waals surface area contributed by atoms with E-state index in [1.807, 2.05) is 0 Å². The molecule has 2 atom stereocenters. The molecule has 0 aromatic rings. The molecule has 2 unspecified atom stereocenters. The fraction of sp³-hybridized carbons (Fsp3) is 0.800. The predicted molar refractivity (Wildman–Crippen MR) is 45.9 cm³/mol. The Balaban J connectivity index is 2.61. The summed E-state index contributed by atoms with van der Waals surface area (Å²) in [6.45, 7) is 6.99. The van der Waals surface area contributed by atoms with Crippen LogP contribution in [0.5, 0.6) is 0 Å². The largest absolute Gasteiger partial charge is 0.0877 e. The Hall–Kier alpha value is -0.260. The van der Waals surface area contributed by atoms with Crippen LogP contribution in [0.4, 0.5) is 0 Å². The first kappa shape index (κ1) is 7.84. The van der Waals surface area contributed by atoms with E-state index in [0.29, 0.717) is 5.41 Å². The van der Waals surface area contributed by atoms with Gasteiger partial charge in [-0.3, -0.25) is 0 Å². The van der Waals surface area contributed by atoms with Crippen molar-refractivity contribution in [1.82, 2.24) is 0 Å². The topological polar surface area (TPSA) is 0 Å². The molecule has 0 amide bonds.